The molecular weight excluding hydrogens is 446 g/mol. The Hall–Kier alpha value is -4.26. The summed E-state index contributed by atoms with van der Waals surface area (Å²) in [5, 5.41) is 11.5. The third-order valence-electron chi connectivity index (χ3n) is 5.90. The number of aryl methyl sites for hydroxylation is 1. The van der Waals surface area contributed by atoms with Crippen molar-refractivity contribution in [3.05, 3.63) is 89.0 Å². The first kappa shape index (κ1) is 23.9. The molecule has 0 bridgehead atoms. The summed E-state index contributed by atoms with van der Waals surface area (Å²) in [6, 6.07) is 18.5. The second-order valence-corrected chi connectivity index (χ2v) is 8.08. The lowest BCUT2D eigenvalue weighted by Crippen LogP contribution is -2.29. The van der Waals surface area contributed by atoms with Gasteiger partial charge in [-0.15, -0.1) is 0 Å². The van der Waals surface area contributed by atoms with Gasteiger partial charge in [-0.2, -0.15) is 0 Å². The third-order valence-corrected chi connectivity index (χ3v) is 5.90. The summed E-state index contributed by atoms with van der Waals surface area (Å²) in [5.74, 6) is -0.468. The van der Waals surface area contributed by atoms with E-state index in [-0.39, 0.29) is 16.9 Å². The minimum atomic E-state index is -0.881. The molecule has 1 unspecified atom stereocenters. The number of carbonyl (C=O) groups excluding carboxylic acids is 2. The summed E-state index contributed by atoms with van der Waals surface area (Å²) in [4.78, 5) is 28.2. The number of benzene rings is 3. The summed E-state index contributed by atoms with van der Waals surface area (Å²) in [6.07, 6.45) is 0. The molecule has 1 heterocycles. The second-order valence-electron chi connectivity index (χ2n) is 8.08. The van der Waals surface area contributed by atoms with Crippen molar-refractivity contribution in [3.8, 4) is 17.2 Å². The lowest BCUT2D eigenvalue weighted by atomic mass is 9.94. The van der Waals surface area contributed by atoms with Crippen molar-refractivity contribution < 1.29 is 28.9 Å². The van der Waals surface area contributed by atoms with Crippen molar-refractivity contribution in [2.24, 2.45) is 0 Å². The molecule has 1 atom stereocenters. The Balaban J connectivity index is 1.98. The first-order chi connectivity index (χ1) is 16.9. The third kappa shape index (κ3) is 4.45. The number of Topliss-reactive ketones (excluding diaryl/α,β-unsaturated/α-hetero) is 1. The van der Waals surface area contributed by atoms with Gasteiger partial charge >= 0.3 is 0 Å². The van der Waals surface area contributed by atoms with E-state index in [4.69, 9.17) is 14.2 Å². The standard InChI is InChI=1S/C28H27NO6/c1-5-35-21-8-6-7-18(15-21)25-24(26(30)22-16-20(33-3)13-14-23(22)34-4)27(31)28(32)29(25)19-11-9-17(2)10-12-19/h6-16,25,30H,5H2,1-4H3/b26-24+. The zero-order valence-corrected chi connectivity index (χ0v) is 20.1. The maximum atomic E-state index is 13.4. The Bertz CT molecular complexity index is 1300. The van der Waals surface area contributed by atoms with Gasteiger partial charge in [0.25, 0.3) is 11.7 Å². The fourth-order valence-electron chi connectivity index (χ4n) is 4.20. The number of methoxy groups -OCH3 is 2. The Labute approximate surface area is 204 Å². The van der Waals surface area contributed by atoms with E-state index in [1.54, 1.807) is 54.6 Å². The smallest absolute Gasteiger partial charge is 0.300 e. The molecule has 4 rings (SSSR count). The second kappa shape index (κ2) is 9.93. The molecule has 1 saturated heterocycles. The highest BCUT2D eigenvalue weighted by Crippen LogP contribution is 2.44. The Morgan fingerprint density at radius 2 is 1.69 bits per heavy atom. The van der Waals surface area contributed by atoms with Crippen LogP contribution < -0.4 is 19.1 Å². The van der Waals surface area contributed by atoms with Crippen molar-refractivity contribution in [2.45, 2.75) is 19.9 Å². The molecule has 180 valence electrons. The number of amides is 1. The van der Waals surface area contributed by atoms with Crippen LogP contribution in [0.25, 0.3) is 5.76 Å². The fourth-order valence-corrected chi connectivity index (χ4v) is 4.20. The summed E-state index contributed by atoms with van der Waals surface area (Å²) >= 11 is 0. The van der Waals surface area contributed by atoms with Crippen LogP contribution in [0.4, 0.5) is 5.69 Å². The van der Waals surface area contributed by atoms with Crippen molar-refractivity contribution >= 4 is 23.1 Å². The van der Waals surface area contributed by atoms with Crippen LogP contribution in [0.1, 0.15) is 29.7 Å². The van der Waals surface area contributed by atoms with Gasteiger partial charge in [-0.05, 0) is 61.9 Å². The number of nitrogens with zero attached hydrogens (tertiary/aromatic N) is 1. The van der Waals surface area contributed by atoms with E-state index in [1.165, 1.54) is 19.1 Å². The zero-order valence-electron chi connectivity index (χ0n) is 20.1. The number of hydrogen-bond donors (Lipinski definition) is 1. The van der Waals surface area contributed by atoms with Gasteiger partial charge in [-0.3, -0.25) is 14.5 Å². The van der Waals surface area contributed by atoms with E-state index in [9.17, 15) is 14.7 Å². The van der Waals surface area contributed by atoms with Crippen molar-refractivity contribution in [1.82, 2.24) is 0 Å². The molecule has 7 heteroatoms. The van der Waals surface area contributed by atoms with Gasteiger partial charge in [-0.25, -0.2) is 0 Å². The number of aliphatic hydroxyl groups excluding tert-OH is 1. The highest BCUT2D eigenvalue weighted by molar-refractivity contribution is 6.51. The molecule has 1 aliphatic heterocycles. The van der Waals surface area contributed by atoms with E-state index >= 15 is 0 Å². The predicted octanol–water partition coefficient (Wildman–Crippen LogP) is 5.04. The van der Waals surface area contributed by atoms with Crippen LogP contribution in [0.2, 0.25) is 0 Å². The average molecular weight is 474 g/mol. The largest absolute Gasteiger partial charge is 0.507 e. The SMILES string of the molecule is CCOc1cccc(C2/C(=C(\O)c3cc(OC)ccc3OC)C(=O)C(=O)N2c2ccc(C)cc2)c1. The Morgan fingerprint density at radius 3 is 2.34 bits per heavy atom. The molecule has 3 aromatic carbocycles. The predicted molar refractivity (Wildman–Crippen MR) is 133 cm³/mol. The van der Waals surface area contributed by atoms with E-state index < -0.39 is 17.7 Å². The first-order valence-corrected chi connectivity index (χ1v) is 11.2. The topological polar surface area (TPSA) is 85.3 Å². The molecule has 0 saturated carbocycles. The summed E-state index contributed by atoms with van der Waals surface area (Å²) < 4.78 is 16.4. The lowest BCUT2D eigenvalue weighted by Gasteiger charge is -2.26. The Morgan fingerprint density at radius 1 is 0.943 bits per heavy atom. The van der Waals surface area contributed by atoms with E-state index in [0.29, 0.717) is 35.1 Å². The molecule has 1 amide bonds. The minimum Gasteiger partial charge on any atom is -0.507 e. The maximum Gasteiger partial charge on any atom is 0.300 e. The highest BCUT2D eigenvalue weighted by Gasteiger charge is 2.47. The van der Waals surface area contributed by atoms with Gasteiger partial charge in [0.2, 0.25) is 0 Å². The molecule has 0 spiro atoms. The maximum absolute atomic E-state index is 13.4. The van der Waals surface area contributed by atoms with E-state index in [0.717, 1.165) is 5.56 Å². The Kier molecular flexibility index (Phi) is 6.78. The monoisotopic (exact) mass is 473 g/mol. The summed E-state index contributed by atoms with van der Waals surface area (Å²) in [7, 11) is 2.97. The number of hydrogen-bond acceptors (Lipinski definition) is 6. The van der Waals surface area contributed by atoms with Crippen molar-refractivity contribution in [3.63, 3.8) is 0 Å². The molecule has 0 aliphatic carbocycles. The molecule has 1 aliphatic rings. The van der Waals surface area contributed by atoms with E-state index in [2.05, 4.69) is 0 Å². The van der Waals surface area contributed by atoms with Gasteiger partial charge in [0.15, 0.2) is 0 Å². The molecule has 35 heavy (non-hydrogen) atoms. The van der Waals surface area contributed by atoms with Crippen LogP contribution in [0.15, 0.2) is 72.3 Å². The van der Waals surface area contributed by atoms with Crippen LogP contribution in [-0.4, -0.2) is 37.6 Å². The number of anilines is 1. The van der Waals surface area contributed by atoms with Gasteiger partial charge < -0.3 is 19.3 Å². The molecular formula is C28H27NO6. The number of aliphatic hydroxyl groups is 1. The zero-order chi connectivity index (χ0) is 25.1. The molecule has 3 aromatic rings. The lowest BCUT2D eigenvalue weighted by molar-refractivity contribution is -0.132. The number of ketones is 1. The van der Waals surface area contributed by atoms with Crippen LogP contribution in [0, 0.1) is 6.92 Å². The molecule has 0 radical (unpaired) electrons. The molecule has 0 aromatic heterocycles. The number of ether oxygens (including phenoxy) is 3. The normalized spacial score (nSPS) is 16.9. The molecule has 7 nitrogen and oxygen atoms in total. The first-order valence-electron chi connectivity index (χ1n) is 11.2. The van der Waals surface area contributed by atoms with Crippen LogP contribution in [-0.2, 0) is 9.59 Å². The molecule has 1 fully saturated rings. The summed E-state index contributed by atoms with van der Waals surface area (Å²) in [6.45, 7) is 4.28. The number of carbonyl (C=O) groups is 2. The average Bonchev–Trinajstić information content (AvgIpc) is 3.14. The van der Waals surface area contributed by atoms with Crippen molar-refractivity contribution in [2.75, 3.05) is 25.7 Å². The van der Waals surface area contributed by atoms with E-state index in [1.807, 2.05) is 26.0 Å². The van der Waals surface area contributed by atoms with Crippen molar-refractivity contribution in [1.29, 1.82) is 0 Å². The minimum absolute atomic E-state index is 0.0456. The van der Waals surface area contributed by atoms with Gasteiger partial charge in [0.1, 0.15) is 23.0 Å². The van der Waals surface area contributed by atoms with Crippen LogP contribution in [0.3, 0.4) is 0 Å². The molecule has 1 N–H and O–H groups in total. The highest BCUT2D eigenvalue weighted by atomic mass is 16.5. The van der Waals surface area contributed by atoms with Gasteiger partial charge in [0, 0.05) is 5.69 Å². The number of rotatable bonds is 7. The van der Waals surface area contributed by atoms with Gasteiger partial charge in [-0.1, -0.05) is 29.8 Å². The summed E-state index contributed by atoms with van der Waals surface area (Å²) in [5.41, 5.74) is 2.39. The quantitative estimate of drug-likeness (QED) is 0.294. The van der Waals surface area contributed by atoms with Crippen LogP contribution in [0.5, 0.6) is 17.2 Å². The van der Waals surface area contributed by atoms with Gasteiger partial charge in [0.05, 0.1) is 38.0 Å². The fraction of sp³-hybridized carbons (Fsp3) is 0.214. The van der Waals surface area contributed by atoms with Crippen LogP contribution >= 0.6 is 0 Å².